The molecule has 5 heteroatoms. The molecule has 0 bridgehead atoms. The first kappa shape index (κ1) is 9.57. The molecule has 2 aromatic rings. The van der Waals surface area contributed by atoms with Crippen molar-refractivity contribution in [3.8, 4) is 0 Å². The zero-order valence-corrected chi connectivity index (χ0v) is 9.12. The van der Waals surface area contributed by atoms with Gasteiger partial charge in [0.05, 0.1) is 11.1 Å². The van der Waals surface area contributed by atoms with Crippen LogP contribution in [0.4, 0.5) is 0 Å². The maximum absolute atomic E-state index is 11.5. The molecule has 1 saturated carbocycles. The molecule has 2 heterocycles. The number of rotatable bonds is 1. The second kappa shape index (κ2) is 3.43. The van der Waals surface area contributed by atoms with E-state index in [-0.39, 0.29) is 5.56 Å². The van der Waals surface area contributed by atoms with Gasteiger partial charge in [-0.1, -0.05) is 18.0 Å². The fourth-order valence-electron chi connectivity index (χ4n) is 2.54. The van der Waals surface area contributed by atoms with E-state index in [2.05, 4.69) is 15.4 Å². The van der Waals surface area contributed by atoms with Crippen LogP contribution in [-0.4, -0.2) is 15.4 Å². The average Bonchev–Trinajstić information content (AvgIpc) is 2.90. The number of H-pyrrole nitrogens is 1. The van der Waals surface area contributed by atoms with Gasteiger partial charge < -0.3 is 4.52 Å². The number of aryl methyl sites for hydroxylation is 1. The minimum Gasteiger partial charge on any atom is -0.360 e. The summed E-state index contributed by atoms with van der Waals surface area (Å²) in [6.07, 6.45) is 4.74. The van der Waals surface area contributed by atoms with Crippen molar-refractivity contribution in [3.05, 3.63) is 21.8 Å². The van der Waals surface area contributed by atoms with Gasteiger partial charge in [-0.3, -0.25) is 4.79 Å². The number of hydrogen-bond donors (Lipinski definition) is 1. The molecule has 1 aliphatic carbocycles. The lowest BCUT2D eigenvalue weighted by Crippen LogP contribution is -2.12. The molecule has 0 radical (unpaired) electrons. The van der Waals surface area contributed by atoms with Crippen LogP contribution in [0.3, 0.4) is 0 Å². The molecular weight excluding hydrogens is 206 g/mol. The lowest BCUT2D eigenvalue weighted by atomic mass is 10.00. The van der Waals surface area contributed by atoms with E-state index in [1.165, 1.54) is 12.8 Å². The summed E-state index contributed by atoms with van der Waals surface area (Å²) in [6.45, 7) is 1.83. The molecule has 1 N–H and O–H groups in total. The number of fused-ring (bicyclic) bond motifs is 1. The number of hydrogen-bond acceptors (Lipinski definition) is 4. The third-order valence-electron chi connectivity index (χ3n) is 3.35. The van der Waals surface area contributed by atoms with Crippen molar-refractivity contribution < 1.29 is 4.52 Å². The highest BCUT2D eigenvalue weighted by Gasteiger charge is 2.24. The molecule has 0 unspecified atom stereocenters. The molecule has 0 spiro atoms. The smallest absolute Gasteiger partial charge is 0.294 e. The highest BCUT2D eigenvalue weighted by atomic mass is 16.5. The number of aromatic amines is 1. The highest BCUT2D eigenvalue weighted by Crippen LogP contribution is 2.36. The van der Waals surface area contributed by atoms with Gasteiger partial charge in [0.1, 0.15) is 5.76 Å². The maximum Gasteiger partial charge on any atom is 0.294 e. The zero-order chi connectivity index (χ0) is 11.1. The zero-order valence-electron chi connectivity index (χ0n) is 9.12. The molecule has 1 aliphatic rings. The Kier molecular flexibility index (Phi) is 2.05. The fraction of sp³-hybridized carbons (Fsp3) is 0.545. The topological polar surface area (TPSA) is 71.8 Å². The van der Waals surface area contributed by atoms with Gasteiger partial charge in [0.2, 0.25) is 0 Å². The van der Waals surface area contributed by atoms with Crippen LogP contribution < -0.4 is 5.56 Å². The molecule has 0 atom stereocenters. The van der Waals surface area contributed by atoms with Gasteiger partial charge in [-0.2, -0.15) is 5.10 Å². The minimum atomic E-state index is -0.270. The first-order chi connectivity index (χ1) is 7.77. The van der Waals surface area contributed by atoms with Crippen LogP contribution >= 0.6 is 0 Å². The van der Waals surface area contributed by atoms with Gasteiger partial charge in [-0.15, -0.1) is 0 Å². The number of nitrogens with zero attached hydrogens (tertiary/aromatic N) is 2. The molecule has 0 aliphatic heterocycles. The Morgan fingerprint density at radius 1 is 1.38 bits per heavy atom. The SMILES string of the molecule is Cc1onc2c(=O)[nH]nc(C3CCCC3)c12. The lowest BCUT2D eigenvalue weighted by Gasteiger charge is -2.07. The summed E-state index contributed by atoms with van der Waals surface area (Å²) in [4.78, 5) is 11.5. The second-order valence-corrected chi connectivity index (χ2v) is 4.38. The summed E-state index contributed by atoms with van der Waals surface area (Å²) >= 11 is 0. The van der Waals surface area contributed by atoms with Crippen molar-refractivity contribution in [1.82, 2.24) is 15.4 Å². The highest BCUT2D eigenvalue weighted by molar-refractivity contribution is 5.82. The van der Waals surface area contributed by atoms with E-state index in [0.717, 1.165) is 23.9 Å². The molecule has 0 aromatic carbocycles. The summed E-state index contributed by atoms with van der Waals surface area (Å²) in [5.41, 5.74) is 1.06. The van der Waals surface area contributed by atoms with Gasteiger partial charge in [0.15, 0.2) is 5.52 Å². The Labute approximate surface area is 91.8 Å². The monoisotopic (exact) mass is 219 g/mol. The lowest BCUT2D eigenvalue weighted by molar-refractivity contribution is 0.405. The molecule has 3 rings (SSSR count). The van der Waals surface area contributed by atoms with Crippen LogP contribution in [0.1, 0.15) is 43.1 Å². The molecule has 1 fully saturated rings. The van der Waals surface area contributed by atoms with E-state index in [1.54, 1.807) is 0 Å². The molecule has 2 aromatic heterocycles. The molecular formula is C11H13N3O2. The van der Waals surface area contributed by atoms with Gasteiger partial charge in [-0.25, -0.2) is 5.10 Å². The van der Waals surface area contributed by atoms with Crippen LogP contribution in [0, 0.1) is 6.92 Å². The van der Waals surface area contributed by atoms with E-state index in [9.17, 15) is 4.79 Å². The normalized spacial score (nSPS) is 17.3. The summed E-state index contributed by atoms with van der Waals surface area (Å²) < 4.78 is 5.09. The molecule has 84 valence electrons. The predicted octanol–water partition coefficient (Wildman–Crippen LogP) is 1.88. The Hall–Kier alpha value is -1.65. The molecule has 16 heavy (non-hydrogen) atoms. The van der Waals surface area contributed by atoms with Crippen molar-refractivity contribution in [1.29, 1.82) is 0 Å². The van der Waals surface area contributed by atoms with E-state index in [0.29, 0.717) is 17.2 Å². The van der Waals surface area contributed by atoms with Crippen LogP contribution in [0.2, 0.25) is 0 Å². The molecule has 0 saturated heterocycles. The van der Waals surface area contributed by atoms with Gasteiger partial charge in [0.25, 0.3) is 5.56 Å². The van der Waals surface area contributed by atoms with Crippen molar-refractivity contribution >= 4 is 10.9 Å². The Morgan fingerprint density at radius 2 is 2.12 bits per heavy atom. The Bertz CT molecular complexity index is 578. The van der Waals surface area contributed by atoms with E-state index in [4.69, 9.17) is 4.52 Å². The van der Waals surface area contributed by atoms with Gasteiger partial charge in [0, 0.05) is 5.92 Å². The first-order valence-electron chi connectivity index (χ1n) is 5.62. The second-order valence-electron chi connectivity index (χ2n) is 4.38. The van der Waals surface area contributed by atoms with Gasteiger partial charge in [-0.05, 0) is 19.8 Å². The summed E-state index contributed by atoms with van der Waals surface area (Å²) in [5, 5.41) is 11.3. The Balaban J connectivity index is 2.27. The van der Waals surface area contributed by atoms with Crippen LogP contribution in [0.25, 0.3) is 10.9 Å². The average molecular weight is 219 g/mol. The van der Waals surface area contributed by atoms with Crippen molar-refractivity contribution in [2.24, 2.45) is 0 Å². The summed E-state index contributed by atoms with van der Waals surface area (Å²) in [5.74, 6) is 1.13. The van der Waals surface area contributed by atoms with E-state index >= 15 is 0 Å². The Morgan fingerprint density at radius 3 is 2.88 bits per heavy atom. The van der Waals surface area contributed by atoms with Crippen molar-refractivity contribution in [3.63, 3.8) is 0 Å². The first-order valence-corrected chi connectivity index (χ1v) is 5.62. The maximum atomic E-state index is 11.5. The van der Waals surface area contributed by atoms with E-state index in [1.807, 2.05) is 6.92 Å². The van der Waals surface area contributed by atoms with Crippen LogP contribution in [0.15, 0.2) is 9.32 Å². The largest absolute Gasteiger partial charge is 0.360 e. The molecule has 5 nitrogen and oxygen atoms in total. The number of aromatic nitrogens is 3. The van der Waals surface area contributed by atoms with Gasteiger partial charge >= 0.3 is 0 Å². The molecule has 0 amide bonds. The summed E-state index contributed by atoms with van der Waals surface area (Å²) in [7, 11) is 0. The van der Waals surface area contributed by atoms with Crippen molar-refractivity contribution in [2.75, 3.05) is 0 Å². The number of nitrogens with one attached hydrogen (secondary N) is 1. The predicted molar refractivity (Wildman–Crippen MR) is 58.4 cm³/mol. The summed E-state index contributed by atoms with van der Waals surface area (Å²) in [6, 6.07) is 0. The van der Waals surface area contributed by atoms with E-state index < -0.39 is 0 Å². The third-order valence-corrected chi connectivity index (χ3v) is 3.35. The minimum absolute atomic E-state index is 0.270. The van der Waals surface area contributed by atoms with Crippen molar-refractivity contribution in [2.45, 2.75) is 38.5 Å². The van der Waals surface area contributed by atoms with Crippen LogP contribution in [-0.2, 0) is 0 Å². The standard InChI is InChI=1S/C11H13N3O2/c1-6-8-9(7-4-2-3-5-7)12-13-11(15)10(8)14-16-6/h7H,2-5H2,1H3,(H,13,15). The third kappa shape index (κ3) is 1.27. The quantitative estimate of drug-likeness (QED) is 0.794. The van der Waals surface area contributed by atoms with Crippen LogP contribution in [0.5, 0.6) is 0 Å². The fourth-order valence-corrected chi connectivity index (χ4v) is 2.54.